The molecule has 3 rings (SSSR count). The monoisotopic (exact) mass is 279 g/mol. The molecule has 3 unspecified atom stereocenters. The largest absolute Gasteiger partial charge is 0.375 e. The molecule has 1 spiro atoms. The number of rotatable bonds is 3. The van der Waals surface area contributed by atoms with Crippen LogP contribution in [0.1, 0.15) is 65.2 Å². The van der Waals surface area contributed by atoms with Gasteiger partial charge in [-0.05, 0) is 88.1 Å². The Bertz CT molecular complexity index is 334. The zero-order valence-corrected chi connectivity index (χ0v) is 13.7. The van der Waals surface area contributed by atoms with Crippen molar-refractivity contribution in [3.8, 4) is 0 Å². The second-order valence-corrected chi connectivity index (χ2v) is 8.53. The van der Waals surface area contributed by atoms with Crippen molar-refractivity contribution in [2.24, 2.45) is 23.2 Å². The highest BCUT2D eigenvalue weighted by atomic mass is 16.5. The maximum absolute atomic E-state index is 6.15. The van der Waals surface area contributed by atoms with Crippen LogP contribution in [0.15, 0.2) is 0 Å². The SMILES string of the molecule is CNCC1CCC(C)(C)CC1C1CCOC2(CCC2)C1. The van der Waals surface area contributed by atoms with Crippen molar-refractivity contribution in [3.05, 3.63) is 0 Å². The maximum atomic E-state index is 6.15. The van der Waals surface area contributed by atoms with Crippen LogP contribution in [0.3, 0.4) is 0 Å². The Labute approximate surface area is 125 Å². The lowest BCUT2D eigenvalue weighted by atomic mass is 9.59. The minimum atomic E-state index is 0.314. The molecular formula is C18H33NO. The highest BCUT2D eigenvalue weighted by Gasteiger charge is 2.47. The fourth-order valence-electron chi connectivity index (χ4n) is 5.11. The van der Waals surface area contributed by atoms with Gasteiger partial charge in [0.2, 0.25) is 0 Å². The molecular weight excluding hydrogens is 246 g/mol. The Morgan fingerprint density at radius 3 is 2.55 bits per heavy atom. The fraction of sp³-hybridized carbons (Fsp3) is 1.00. The summed E-state index contributed by atoms with van der Waals surface area (Å²) < 4.78 is 6.15. The Balaban J connectivity index is 1.70. The van der Waals surface area contributed by atoms with Crippen LogP contribution in [-0.4, -0.2) is 25.8 Å². The Hall–Kier alpha value is -0.0800. The minimum Gasteiger partial charge on any atom is -0.375 e. The van der Waals surface area contributed by atoms with E-state index in [2.05, 4.69) is 26.2 Å². The Kier molecular flexibility index (Phi) is 4.16. The van der Waals surface area contributed by atoms with Crippen molar-refractivity contribution in [1.29, 1.82) is 0 Å². The van der Waals surface area contributed by atoms with E-state index >= 15 is 0 Å². The average Bonchev–Trinajstić information content (AvgIpc) is 2.39. The summed E-state index contributed by atoms with van der Waals surface area (Å²) in [6.45, 7) is 7.20. The first kappa shape index (κ1) is 14.8. The van der Waals surface area contributed by atoms with Crippen molar-refractivity contribution in [1.82, 2.24) is 5.32 Å². The summed E-state index contributed by atoms with van der Waals surface area (Å²) in [7, 11) is 2.12. The lowest BCUT2D eigenvalue weighted by molar-refractivity contribution is -0.157. The van der Waals surface area contributed by atoms with Gasteiger partial charge in [0.25, 0.3) is 0 Å². The third kappa shape index (κ3) is 2.92. The van der Waals surface area contributed by atoms with Crippen LogP contribution >= 0.6 is 0 Å². The predicted molar refractivity (Wildman–Crippen MR) is 83.8 cm³/mol. The Morgan fingerprint density at radius 2 is 1.90 bits per heavy atom. The molecule has 0 aromatic heterocycles. The van der Waals surface area contributed by atoms with Crippen LogP contribution in [-0.2, 0) is 4.74 Å². The van der Waals surface area contributed by atoms with E-state index in [9.17, 15) is 0 Å². The number of nitrogens with one attached hydrogen (secondary N) is 1. The van der Waals surface area contributed by atoms with Crippen LogP contribution in [0.5, 0.6) is 0 Å². The molecule has 0 aromatic rings. The molecule has 3 atom stereocenters. The van der Waals surface area contributed by atoms with E-state index in [0.29, 0.717) is 11.0 Å². The van der Waals surface area contributed by atoms with Gasteiger partial charge in [0, 0.05) is 6.61 Å². The molecule has 0 radical (unpaired) electrons. The third-order valence-corrected chi connectivity index (χ3v) is 6.45. The molecule has 2 heteroatoms. The van der Waals surface area contributed by atoms with Gasteiger partial charge in [-0.1, -0.05) is 13.8 Å². The zero-order chi connectivity index (χ0) is 14.2. The average molecular weight is 279 g/mol. The number of hydrogen-bond acceptors (Lipinski definition) is 2. The van der Waals surface area contributed by atoms with Crippen LogP contribution in [0.2, 0.25) is 0 Å². The van der Waals surface area contributed by atoms with Crippen molar-refractivity contribution in [2.75, 3.05) is 20.2 Å². The van der Waals surface area contributed by atoms with E-state index < -0.39 is 0 Å². The molecule has 1 heterocycles. The van der Waals surface area contributed by atoms with Gasteiger partial charge in [0.05, 0.1) is 5.60 Å². The van der Waals surface area contributed by atoms with Crippen molar-refractivity contribution in [2.45, 2.75) is 70.8 Å². The van der Waals surface area contributed by atoms with Gasteiger partial charge < -0.3 is 10.1 Å². The first-order valence-corrected chi connectivity index (χ1v) is 8.82. The summed E-state index contributed by atoms with van der Waals surface area (Å²) in [6.07, 6.45) is 11.0. The van der Waals surface area contributed by atoms with Crippen molar-refractivity contribution < 1.29 is 4.74 Å². The lowest BCUT2D eigenvalue weighted by Crippen LogP contribution is -2.49. The van der Waals surface area contributed by atoms with Gasteiger partial charge in [0.1, 0.15) is 0 Å². The minimum absolute atomic E-state index is 0.314. The molecule has 0 amide bonds. The van der Waals surface area contributed by atoms with E-state index in [1.807, 2.05) is 0 Å². The van der Waals surface area contributed by atoms with Crippen molar-refractivity contribution in [3.63, 3.8) is 0 Å². The summed E-state index contributed by atoms with van der Waals surface area (Å²) in [4.78, 5) is 0. The fourth-order valence-corrected chi connectivity index (χ4v) is 5.11. The molecule has 2 aliphatic carbocycles. The molecule has 0 aromatic carbocycles. The lowest BCUT2D eigenvalue weighted by Gasteiger charge is -2.52. The van der Waals surface area contributed by atoms with Crippen LogP contribution in [0.25, 0.3) is 0 Å². The van der Waals surface area contributed by atoms with Gasteiger partial charge in [-0.25, -0.2) is 0 Å². The molecule has 116 valence electrons. The molecule has 20 heavy (non-hydrogen) atoms. The Morgan fingerprint density at radius 1 is 1.10 bits per heavy atom. The quantitative estimate of drug-likeness (QED) is 0.843. The van der Waals surface area contributed by atoms with Gasteiger partial charge >= 0.3 is 0 Å². The molecule has 3 fully saturated rings. The van der Waals surface area contributed by atoms with E-state index in [1.54, 1.807) is 0 Å². The van der Waals surface area contributed by atoms with Gasteiger partial charge in [-0.15, -0.1) is 0 Å². The summed E-state index contributed by atoms with van der Waals surface area (Å²) >= 11 is 0. The summed E-state index contributed by atoms with van der Waals surface area (Å²) in [5.41, 5.74) is 0.870. The third-order valence-electron chi connectivity index (χ3n) is 6.45. The normalized spacial score (nSPS) is 39.5. The first-order valence-electron chi connectivity index (χ1n) is 8.82. The molecule has 1 saturated heterocycles. The smallest absolute Gasteiger partial charge is 0.0685 e. The van der Waals surface area contributed by atoms with Crippen molar-refractivity contribution >= 4 is 0 Å². The van der Waals surface area contributed by atoms with E-state index in [1.165, 1.54) is 57.9 Å². The molecule has 1 N–H and O–H groups in total. The predicted octanol–water partition coefficient (Wildman–Crippen LogP) is 4.00. The van der Waals surface area contributed by atoms with Gasteiger partial charge in [0.15, 0.2) is 0 Å². The second kappa shape index (κ2) is 5.61. The molecule has 0 bridgehead atoms. The maximum Gasteiger partial charge on any atom is 0.0685 e. The van der Waals surface area contributed by atoms with E-state index in [4.69, 9.17) is 4.74 Å². The summed E-state index contributed by atoms with van der Waals surface area (Å²) in [6, 6.07) is 0. The van der Waals surface area contributed by atoms with E-state index in [0.717, 1.165) is 24.4 Å². The molecule has 3 aliphatic rings. The topological polar surface area (TPSA) is 21.3 Å². The van der Waals surface area contributed by atoms with Gasteiger partial charge in [-0.2, -0.15) is 0 Å². The van der Waals surface area contributed by atoms with E-state index in [-0.39, 0.29) is 0 Å². The highest BCUT2D eigenvalue weighted by molar-refractivity contribution is 4.98. The standard InChI is InChI=1S/C18H33NO/c1-17(2)9-5-15(13-19-3)16(12-17)14-6-10-20-18(11-14)7-4-8-18/h14-16,19H,4-13H2,1-3H3. The number of hydrogen-bond donors (Lipinski definition) is 1. The first-order chi connectivity index (χ1) is 9.54. The highest BCUT2D eigenvalue weighted by Crippen LogP contribution is 2.52. The molecule has 1 aliphatic heterocycles. The second-order valence-electron chi connectivity index (χ2n) is 8.53. The van der Waals surface area contributed by atoms with Gasteiger partial charge in [-0.3, -0.25) is 0 Å². The number of ether oxygens (including phenoxy) is 1. The molecule has 2 nitrogen and oxygen atoms in total. The summed E-state index contributed by atoms with van der Waals surface area (Å²) in [5.74, 6) is 2.74. The van der Waals surface area contributed by atoms with Crippen LogP contribution in [0.4, 0.5) is 0 Å². The molecule has 2 saturated carbocycles. The summed E-state index contributed by atoms with van der Waals surface area (Å²) in [5, 5.41) is 3.45. The zero-order valence-electron chi connectivity index (χ0n) is 13.7. The van der Waals surface area contributed by atoms with Crippen LogP contribution < -0.4 is 5.32 Å². The van der Waals surface area contributed by atoms with Crippen LogP contribution in [0, 0.1) is 23.2 Å².